The Bertz CT molecular complexity index is 440. The first-order valence-electron chi connectivity index (χ1n) is 4.56. The van der Waals surface area contributed by atoms with Gasteiger partial charge in [-0.2, -0.15) is 0 Å². The standard InChI is InChI=1S/C11H10ClFN2/c12-10-7-9(3-4-11(10)13)8-14-15-5-1-2-6-15/h1-7,14H,8H2. The molecule has 2 aromatic rings. The summed E-state index contributed by atoms with van der Waals surface area (Å²) in [7, 11) is 0. The highest BCUT2D eigenvalue weighted by molar-refractivity contribution is 6.30. The van der Waals surface area contributed by atoms with E-state index in [0.717, 1.165) is 5.56 Å². The maximum atomic E-state index is 12.9. The minimum atomic E-state index is -0.388. The van der Waals surface area contributed by atoms with Crippen LogP contribution < -0.4 is 5.43 Å². The van der Waals surface area contributed by atoms with Crippen LogP contribution in [-0.2, 0) is 6.54 Å². The van der Waals surface area contributed by atoms with Crippen LogP contribution in [0.15, 0.2) is 42.7 Å². The average Bonchev–Trinajstić information content (AvgIpc) is 2.73. The Labute approximate surface area is 92.3 Å². The van der Waals surface area contributed by atoms with Crippen LogP contribution in [0.1, 0.15) is 5.56 Å². The predicted molar refractivity (Wildman–Crippen MR) is 58.9 cm³/mol. The smallest absolute Gasteiger partial charge is 0.141 e. The normalized spacial score (nSPS) is 10.3. The van der Waals surface area contributed by atoms with E-state index in [1.807, 2.05) is 29.2 Å². The highest BCUT2D eigenvalue weighted by atomic mass is 35.5. The number of hydrogen-bond acceptors (Lipinski definition) is 1. The minimum Gasteiger partial charge on any atom is -0.322 e. The number of nitrogens with zero attached hydrogens (tertiary/aromatic N) is 1. The molecule has 1 aromatic heterocycles. The summed E-state index contributed by atoms with van der Waals surface area (Å²) in [5.41, 5.74) is 4.06. The van der Waals surface area contributed by atoms with Crippen LogP contribution in [0.3, 0.4) is 0 Å². The van der Waals surface area contributed by atoms with E-state index in [1.165, 1.54) is 6.07 Å². The number of aromatic nitrogens is 1. The summed E-state index contributed by atoms with van der Waals surface area (Å²) in [6, 6.07) is 8.54. The fourth-order valence-corrected chi connectivity index (χ4v) is 1.48. The molecule has 78 valence electrons. The molecule has 2 rings (SSSR count). The Morgan fingerprint density at radius 3 is 2.67 bits per heavy atom. The molecule has 0 fully saturated rings. The Morgan fingerprint density at radius 2 is 2.00 bits per heavy atom. The summed E-state index contributed by atoms with van der Waals surface area (Å²) in [4.78, 5) is 0. The second-order valence-corrected chi connectivity index (χ2v) is 3.58. The molecule has 0 amide bonds. The average molecular weight is 225 g/mol. The molecule has 4 heteroatoms. The minimum absolute atomic E-state index is 0.154. The number of benzene rings is 1. The number of halogens is 2. The van der Waals surface area contributed by atoms with Crippen molar-refractivity contribution in [2.75, 3.05) is 5.43 Å². The monoisotopic (exact) mass is 224 g/mol. The SMILES string of the molecule is Fc1ccc(CNn2cccc2)cc1Cl. The predicted octanol–water partition coefficient (Wildman–Crippen LogP) is 3.02. The molecule has 1 heterocycles. The zero-order valence-corrected chi connectivity index (χ0v) is 8.71. The van der Waals surface area contributed by atoms with E-state index in [4.69, 9.17) is 11.6 Å². The fraction of sp³-hybridized carbons (Fsp3) is 0.0909. The first kappa shape index (κ1) is 10.1. The van der Waals surface area contributed by atoms with Gasteiger partial charge < -0.3 is 5.43 Å². The molecule has 0 radical (unpaired) electrons. The molecule has 2 nitrogen and oxygen atoms in total. The van der Waals surface area contributed by atoms with Gasteiger partial charge in [0.05, 0.1) is 11.6 Å². The molecular weight excluding hydrogens is 215 g/mol. The Balaban J connectivity index is 2.02. The zero-order chi connectivity index (χ0) is 10.7. The molecular formula is C11H10ClFN2. The molecule has 0 unspecified atom stereocenters. The second-order valence-electron chi connectivity index (χ2n) is 3.17. The molecule has 0 saturated carbocycles. The Kier molecular flexibility index (Phi) is 2.92. The highest BCUT2D eigenvalue weighted by Crippen LogP contribution is 2.15. The molecule has 0 aliphatic rings. The number of rotatable bonds is 3. The van der Waals surface area contributed by atoms with Crippen LogP contribution >= 0.6 is 11.6 Å². The van der Waals surface area contributed by atoms with Crippen molar-refractivity contribution in [1.29, 1.82) is 0 Å². The van der Waals surface area contributed by atoms with E-state index in [-0.39, 0.29) is 10.8 Å². The van der Waals surface area contributed by atoms with Gasteiger partial charge in [0.1, 0.15) is 5.82 Å². The lowest BCUT2D eigenvalue weighted by Gasteiger charge is -2.07. The first-order valence-corrected chi connectivity index (χ1v) is 4.94. The summed E-state index contributed by atoms with van der Waals surface area (Å²) < 4.78 is 14.7. The van der Waals surface area contributed by atoms with Crippen LogP contribution in [0.4, 0.5) is 4.39 Å². The molecule has 0 bridgehead atoms. The van der Waals surface area contributed by atoms with E-state index in [2.05, 4.69) is 5.43 Å². The lowest BCUT2D eigenvalue weighted by molar-refractivity contribution is 0.627. The van der Waals surface area contributed by atoms with E-state index in [0.29, 0.717) is 6.54 Å². The number of hydrogen-bond donors (Lipinski definition) is 1. The van der Waals surface area contributed by atoms with Gasteiger partial charge in [0, 0.05) is 12.4 Å². The van der Waals surface area contributed by atoms with Gasteiger partial charge in [0.15, 0.2) is 0 Å². The van der Waals surface area contributed by atoms with Gasteiger partial charge in [-0.1, -0.05) is 17.7 Å². The quantitative estimate of drug-likeness (QED) is 0.848. The Morgan fingerprint density at radius 1 is 1.27 bits per heavy atom. The van der Waals surface area contributed by atoms with Crippen molar-refractivity contribution < 1.29 is 4.39 Å². The second kappa shape index (κ2) is 4.36. The van der Waals surface area contributed by atoms with Crippen LogP contribution in [0, 0.1) is 5.82 Å². The van der Waals surface area contributed by atoms with Gasteiger partial charge in [-0.3, -0.25) is 4.68 Å². The van der Waals surface area contributed by atoms with E-state index < -0.39 is 0 Å². The van der Waals surface area contributed by atoms with E-state index in [1.54, 1.807) is 12.1 Å². The van der Waals surface area contributed by atoms with Gasteiger partial charge in [0.25, 0.3) is 0 Å². The lowest BCUT2D eigenvalue weighted by atomic mass is 10.2. The van der Waals surface area contributed by atoms with Crippen LogP contribution in [0.2, 0.25) is 5.02 Å². The van der Waals surface area contributed by atoms with E-state index >= 15 is 0 Å². The molecule has 1 aromatic carbocycles. The van der Waals surface area contributed by atoms with Gasteiger partial charge in [-0.15, -0.1) is 0 Å². The van der Waals surface area contributed by atoms with Crippen LogP contribution in [-0.4, -0.2) is 4.68 Å². The van der Waals surface area contributed by atoms with Crippen molar-refractivity contribution in [3.8, 4) is 0 Å². The molecule has 0 saturated heterocycles. The van der Waals surface area contributed by atoms with Crippen LogP contribution in [0.25, 0.3) is 0 Å². The Hall–Kier alpha value is -1.48. The van der Waals surface area contributed by atoms with Crippen molar-refractivity contribution in [3.05, 3.63) is 59.1 Å². The summed E-state index contributed by atoms with van der Waals surface area (Å²) in [6.07, 6.45) is 3.79. The van der Waals surface area contributed by atoms with Crippen LogP contribution in [0.5, 0.6) is 0 Å². The number of nitrogens with one attached hydrogen (secondary N) is 1. The molecule has 1 N–H and O–H groups in total. The first-order chi connectivity index (χ1) is 7.25. The molecule has 0 atom stereocenters. The highest BCUT2D eigenvalue weighted by Gasteiger charge is 2.00. The topological polar surface area (TPSA) is 17.0 Å². The maximum Gasteiger partial charge on any atom is 0.141 e. The van der Waals surface area contributed by atoms with Crippen molar-refractivity contribution in [1.82, 2.24) is 4.68 Å². The summed E-state index contributed by atoms with van der Waals surface area (Å²) >= 11 is 5.66. The third-order valence-electron chi connectivity index (χ3n) is 2.05. The maximum absolute atomic E-state index is 12.9. The zero-order valence-electron chi connectivity index (χ0n) is 7.95. The molecule has 0 aliphatic carbocycles. The van der Waals surface area contributed by atoms with E-state index in [9.17, 15) is 4.39 Å². The fourth-order valence-electron chi connectivity index (χ4n) is 1.27. The largest absolute Gasteiger partial charge is 0.322 e. The van der Waals surface area contributed by atoms with Gasteiger partial charge in [-0.05, 0) is 29.8 Å². The lowest BCUT2D eigenvalue weighted by Crippen LogP contribution is -2.11. The van der Waals surface area contributed by atoms with Crippen molar-refractivity contribution >= 4 is 11.6 Å². The van der Waals surface area contributed by atoms with Crippen molar-refractivity contribution in [2.45, 2.75) is 6.54 Å². The molecule has 0 spiro atoms. The summed E-state index contributed by atoms with van der Waals surface area (Å²) in [5.74, 6) is -0.388. The summed E-state index contributed by atoms with van der Waals surface area (Å²) in [6.45, 7) is 0.606. The van der Waals surface area contributed by atoms with Crippen molar-refractivity contribution in [2.24, 2.45) is 0 Å². The van der Waals surface area contributed by atoms with Gasteiger partial charge in [0.2, 0.25) is 0 Å². The third kappa shape index (κ3) is 2.50. The van der Waals surface area contributed by atoms with Crippen molar-refractivity contribution in [3.63, 3.8) is 0 Å². The van der Waals surface area contributed by atoms with Gasteiger partial charge in [-0.25, -0.2) is 4.39 Å². The third-order valence-corrected chi connectivity index (χ3v) is 2.34. The molecule has 0 aliphatic heterocycles. The van der Waals surface area contributed by atoms with Gasteiger partial charge >= 0.3 is 0 Å². The molecule has 15 heavy (non-hydrogen) atoms. The summed E-state index contributed by atoms with van der Waals surface area (Å²) in [5, 5.41) is 0.154.